The summed E-state index contributed by atoms with van der Waals surface area (Å²) >= 11 is 0. The lowest BCUT2D eigenvalue weighted by atomic mass is 10.1. The third-order valence-corrected chi connectivity index (χ3v) is 3.83. The largest absolute Gasteiger partial charge is 0.493 e. The molecular weight excluding hydrogens is 304 g/mol. The molecule has 2 atom stereocenters. The Bertz CT molecular complexity index is 540. The molecule has 0 radical (unpaired) electrons. The van der Waals surface area contributed by atoms with E-state index >= 15 is 0 Å². The average molecular weight is 326 g/mol. The topological polar surface area (TPSA) is 83.3 Å². The Morgan fingerprint density at radius 1 is 1.26 bits per heavy atom. The van der Waals surface area contributed by atoms with E-state index in [2.05, 4.69) is 0 Å². The van der Waals surface area contributed by atoms with E-state index in [1.165, 1.54) is 26.4 Å². The molecule has 0 N–H and O–H groups in total. The predicted octanol–water partition coefficient (Wildman–Crippen LogP) is 2.28. The molecule has 0 aliphatic carbocycles. The average Bonchev–Trinajstić information content (AvgIpc) is 2.98. The Morgan fingerprint density at radius 3 is 2.30 bits per heavy atom. The van der Waals surface area contributed by atoms with Crippen molar-refractivity contribution in [3.63, 3.8) is 0 Å². The Morgan fingerprint density at radius 2 is 1.87 bits per heavy atom. The Labute approximate surface area is 135 Å². The predicted molar refractivity (Wildman–Crippen MR) is 84.0 cm³/mol. The summed E-state index contributed by atoms with van der Waals surface area (Å²) in [7, 11) is 4.56. The zero-order valence-corrected chi connectivity index (χ0v) is 13.8. The highest BCUT2D eigenvalue weighted by Crippen LogP contribution is 2.42. The van der Waals surface area contributed by atoms with Gasteiger partial charge in [0.2, 0.25) is 5.75 Å². The van der Waals surface area contributed by atoms with Gasteiger partial charge in [-0.2, -0.15) is 0 Å². The normalized spacial score (nSPS) is 20.4. The van der Waals surface area contributed by atoms with Crippen LogP contribution in [0.2, 0.25) is 0 Å². The van der Waals surface area contributed by atoms with Crippen LogP contribution in [-0.2, 0) is 4.84 Å². The van der Waals surface area contributed by atoms with Crippen LogP contribution < -0.4 is 19.3 Å². The fourth-order valence-electron chi connectivity index (χ4n) is 2.67. The Kier molecular flexibility index (Phi) is 5.49. The lowest BCUT2D eigenvalue weighted by Crippen LogP contribution is -2.31. The zero-order chi connectivity index (χ0) is 17.0. The minimum absolute atomic E-state index is 0.177. The van der Waals surface area contributed by atoms with Crippen LogP contribution in [0.3, 0.4) is 0 Å². The van der Waals surface area contributed by atoms with Crippen molar-refractivity contribution >= 4 is 5.69 Å². The number of hydrogen-bond donors (Lipinski definition) is 0. The fraction of sp³-hybridized carbons (Fsp3) is 0.600. The molecular formula is C15H22N2O6. The summed E-state index contributed by atoms with van der Waals surface area (Å²) in [6.45, 7) is 2.15. The molecule has 8 heteroatoms. The molecule has 1 fully saturated rings. The standard InChI is InChI=1S/C15H22N2O6/c1-5-6-12-11(17(18)19)9-16(23-12)10-7-13(20-2)15(22-4)14(8-10)21-3/h7-8,11-12H,5-6,9H2,1-4H3. The van der Waals surface area contributed by atoms with Crippen LogP contribution in [0.4, 0.5) is 5.69 Å². The third-order valence-electron chi connectivity index (χ3n) is 3.83. The number of ether oxygens (including phenoxy) is 3. The number of hydrogen-bond acceptors (Lipinski definition) is 7. The molecule has 1 aromatic carbocycles. The van der Waals surface area contributed by atoms with Crippen molar-refractivity contribution in [3.05, 3.63) is 22.2 Å². The highest BCUT2D eigenvalue weighted by Gasteiger charge is 2.42. The third kappa shape index (κ3) is 3.42. The first-order valence-electron chi connectivity index (χ1n) is 7.43. The van der Waals surface area contributed by atoms with Crippen LogP contribution in [0.5, 0.6) is 17.2 Å². The van der Waals surface area contributed by atoms with Gasteiger partial charge in [0.1, 0.15) is 6.54 Å². The molecule has 1 saturated heterocycles. The molecule has 0 spiro atoms. The van der Waals surface area contributed by atoms with Gasteiger partial charge >= 0.3 is 0 Å². The van der Waals surface area contributed by atoms with Crippen LogP contribution in [0.25, 0.3) is 0 Å². The van der Waals surface area contributed by atoms with Crippen LogP contribution in [0.1, 0.15) is 19.8 Å². The van der Waals surface area contributed by atoms with Gasteiger partial charge in [0.05, 0.1) is 27.0 Å². The maximum Gasteiger partial charge on any atom is 0.261 e. The molecule has 0 saturated carbocycles. The maximum absolute atomic E-state index is 11.2. The van der Waals surface area contributed by atoms with Crippen LogP contribution in [0.15, 0.2) is 12.1 Å². The van der Waals surface area contributed by atoms with E-state index < -0.39 is 12.1 Å². The number of methoxy groups -OCH3 is 3. The van der Waals surface area contributed by atoms with E-state index in [-0.39, 0.29) is 11.5 Å². The van der Waals surface area contributed by atoms with Gasteiger partial charge in [0.25, 0.3) is 6.04 Å². The van der Waals surface area contributed by atoms with Crippen molar-refractivity contribution in [1.82, 2.24) is 0 Å². The SMILES string of the molecule is CCCC1ON(c2cc(OC)c(OC)c(OC)c2)CC1[N+](=O)[O-]. The van der Waals surface area contributed by atoms with Gasteiger partial charge in [0.15, 0.2) is 17.6 Å². The summed E-state index contributed by atoms with van der Waals surface area (Å²) in [4.78, 5) is 16.7. The van der Waals surface area contributed by atoms with E-state index in [0.29, 0.717) is 29.4 Å². The van der Waals surface area contributed by atoms with E-state index in [1.807, 2.05) is 6.92 Å². The molecule has 2 unspecified atom stereocenters. The lowest BCUT2D eigenvalue weighted by Gasteiger charge is -2.20. The van der Waals surface area contributed by atoms with E-state index in [1.54, 1.807) is 12.1 Å². The molecule has 1 aliphatic rings. The van der Waals surface area contributed by atoms with Crippen molar-refractivity contribution in [2.24, 2.45) is 0 Å². The lowest BCUT2D eigenvalue weighted by molar-refractivity contribution is -0.524. The molecule has 1 aliphatic heterocycles. The number of nitrogens with zero attached hydrogens (tertiary/aromatic N) is 2. The van der Waals surface area contributed by atoms with Gasteiger partial charge in [-0.15, -0.1) is 0 Å². The highest BCUT2D eigenvalue weighted by molar-refractivity contribution is 5.63. The van der Waals surface area contributed by atoms with Crippen LogP contribution >= 0.6 is 0 Å². The quantitative estimate of drug-likeness (QED) is 0.561. The number of nitro groups is 1. The van der Waals surface area contributed by atoms with Gasteiger partial charge in [0, 0.05) is 17.1 Å². The zero-order valence-electron chi connectivity index (χ0n) is 13.8. The minimum Gasteiger partial charge on any atom is -0.493 e. The fourth-order valence-corrected chi connectivity index (χ4v) is 2.67. The second-order valence-electron chi connectivity index (χ2n) is 5.23. The number of anilines is 1. The molecule has 2 rings (SSSR count). The summed E-state index contributed by atoms with van der Waals surface area (Å²) in [5.74, 6) is 1.41. The summed E-state index contributed by atoms with van der Waals surface area (Å²) < 4.78 is 15.9. The van der Waals surface area contributed by atoms with Crippen molar-refractivity contribution in [1.29, 1.82) is 0 Å². The second-order valence-corrected chi connectivity index (χ2v) is 5.23. The Balaban J connectivity index is 2.33. The molecule has 0 aromatic heterocycles. The van der Waals surface area contributed by atoms with Crippen LogP contribution in [0, 0.1) is 10.1 Å². The first-order chi connectivity index (χ1) is 11.0. The van der Waals surface area contributed by atoms with Gasteiger partial charge in [-0.05, 0) is 6.42 Å². The molecule has 8 nitrogen and oxygen atoms in total. The molecule has 23 heavy (non-hydrogen) atoms. The van der Waals surface area contributed by atoms with Gasteiger partial charge < -0.3 is 14.2 Å². The smallest absolute Gasteiger partial charge is 0.261 e. The van der Waals surface area contributed by atoms with E-state index in [9.17, 15) is 10.1 Å². The molecule has 0 amide bonds. The summed E-state index contributed by atoms with van der Waals surface area (Å²) in [5, 5.41) is 12.8. The number of benzene rings is 1. The number of rotatable bonds is 7. The minimum atomic E-state index is -0.756. The van der Waals surface area contributed by atoms with Gasteiger partial charge in [-0.1, -0.05) is 13.3 Å². The van der Waals surface area contributed by atoms with Crippen molar-refractivity contribution in [2.75, 3.05) is 32.9 Å². The molecule has 1 aromatic rings. The van der Waals surface area contributed by atoms with E-state index in [0.717, 1.165) is 6.42 Å². The van der Waals surface area contributed by atoms with Crippen molar-refractivity contribution in [3.8, 4) is 17.2 Å². The molecule has 0 bridgehead atoms. The monoisotopic (exact) mass is 326 g/mol. The first kappa shape index (κ1) is 17.1. The summed E-state index contributed by atoms with van der Waals surface area (Å²) in [6, 6.07) is 2.67. The van der Waals surface area contributed by atoms with Gasteiger partial charge in [-0.25, -0.2) is 5.06 Å². The summed E-state index contributed by atoms with van der Waals surface area (Å²) in [5.41, 5.74) is 0.630. The summed E-state index contributed by atoms with van der Waals surface area (Å²) in [6.07, 6.45) is 1.01. The maximum atomic E-state index is 11.2. The highest BCUT2D eigenvalue weighted by atomic mass is 16.7. The van der Waals surface area contributed by atoms with Crippen molar-refractivity contribution < 1.29 is 24.0 Å². The number of hydroxylamine groups is 1. The van der Waals surface area contributed by atoms with Crippen LogP contribution in [-0.4, -0.2) is 44.9 Å². The van der Waals surface area contributed by atoms with E-state index in [4.69, 9.17) is 19.0 Å². The Hall–Kier alpha value is -2.22. The molecule has 128 valence electrons. The van der Waals surface area contributed by atoms with Crippen molar-refractivity contribution in [2.45, 2.75) is 31.9 Å². The molecule has 1 heterocycles. The van der Waals surface area contributed by atoms with Gasteiger partial charge in [-0.3, -0.25) is 15.0 Å². The first-order valence-corrected chi connectivity index (χ1v) is 7.43. The second kappa shape index (κ2) is 7.36.